The van der Waals surface area contributed by atoms with Crippen molar-refractivity contribution >= 4 is 26.9 Å². The van der Waals surface area contributed by atoms with Crippen molar-refractivity contribution in [2.45, 2.75) is 0 Å². The molecule has 2 rings (SSSR count). The van der Waals surface area contributed by atoms with Gasteiger partial charge in [0.2, 0.25) is 0 Å². The number of hydrogen-bond donors (Lipinski definition) is 0. The van der Waals surface area contributed by atoms with Crippen LogP contribution in [0.3, 0.4) is 0 Å². The molecule has 0 nitrogen and oxygen atoms in total. The molecule has 0 bridgehead atoms. The lowest BCUT2D eigenvalue weighted by Gasteiger charge is -1.54. The molecular weight excluding hydrogens is 43.2 g/mol. The van der Waals surface area contributed by atoms with Gasteiger partial charge in [0.15, 0.2) is 0 Å². The maximum Gasteiger partial charge on any atom is 0.0281 e. The van der Waals surface area contributed by atoms with E-state index < -0.39 is 0 Å². The van der Waals surface area contributed by atoms with Crippen molar-refractivity contribution in [3.8, 4) is 0 Å². The van der Waals surface area contributed by atoms with Gasteiger partial charge in [-0.2, -0.15) is 0 Å². The monoisotopic (exact) mass is 46.1 g/mol. The Hall–Kier alpha value is 0.260. The molecule has 0 saturated carbocycles. The molecular formula is H2B4. The Morgan fingerprint density at radius 1 is 1.00 bits per heavy atom. The summed E-state index contributed by atoms with van der Waals surface area (Å²) in [4.78, 5) is 0. The lowest BCUT2D eigenvalue weighted by atomic mass is 9.25. The standard InChI is InChI=1S/B4H2/c1-3-2-4(1)3/h1-2H. The predicted octanol–water partition coefficient (Wildman–Crippen LogP) is -2.06. The van der Waals surface area contributed by atoms with Crippen molar-refractivity contribution in [2.24, 2.45) is 0 Å². The van der Waals surface area contributed by atoms with Crippen LogP contribution in [0, 0.1) is 0 Å². The van der Waals surface area contributed by atoms with E-state index in [9.17, 15) is 0 Å². The first-order valence-corrected chi connectivity index (χ1v) is 1.97. The molecule has 2 fully saturated rings. The van der Waals surface area contributed by atoms with E-state index in [-0.39, 0.29) is 0 Å². The van der Waals surface area contributed by atoms with Crippen LogP contribution >= 0.6 is 0 Å². The molecule has 2 aliphatic rings. The van der Waals surface area contributed by atoms with Gasteiger partial charge in [0.05, 0.1) is 0 Å². The van der Waals surface area contributed by atoms with Crippen LogP contribution in [0.15, 0.2) is 0 Å². The van der Waals surface area contributed by atoms with E-state index in [0.29, 0.717) is 0 Å². The summed E-state index contributed by atoms with van der Waals surface area (Å²) in [7, 11) is 3.17. The van der Waals surface area contributed by atoms with E-state index in [1.165, 1.54) is 12.8 Å². The second kappa shape index (κ2) is 0.244. The summed E-state index contributed by atoms with van der Waals surface area (Å²) in [6.45, 7) is 0. The Morgan fingerprint density at radius 3 is 1.25 bits per heavy atom. The lowest BCUT2D eigenvalue weighted by Crippen LogP contribution is -1.94. The minimum absolute atomic E-state index is 1.25. The molecule has 0 amide bonds. The van der Waals surface area contributed by atoms with Crippen molar-refractivity contribution in [1.29, 1.82) is 0 Å². The van der Waals surface area contributed by atoms with Gasteiger partial charge in [-0.3, -0.25) is 0 Å². The van der Waals surface area contributed by atoms with Crippen LogP contribution in [-0.4, -0.2) is 26.9 Å². The molecule has 14 valence electrons. The fourth-order valence-electron chi connectivity index (χ4n) is 0.552. The third-order valence-electron chi connectivity index (χ3n) is 1.47. The minimum atomic E-state index is 1.25. The molecule has 0 radical (unpaired) electrons. The maximum atomic E-state index is 1.58. The molecule has 2 aliphatic heterocycles. The highest BCUT2D eigenvalue weighted by Gasteiger charge is 2.58. The zero-order valence-electron chi connectivity index (χ0n) is 2.57. The highest BCUT2D eigenvalue weighted by molar-refractivity contribution is 8.32. The second-order valence-electron chi connectivity index (χ2n) is 1.99. The first-order valence-electron chi connectivity index (χ1n) is 1.97. The summed E-state index contributed by atoms with van der Waals surface area (Å²) in [5.41, 5.74) is 0. The summed E-state index contributed by atoms with van der Waals surface area (Å²) in [5, 5.41) is 0. The summed E-state index contributed by atoms with van der Waals surface area (Å²) < 4.78 is 0. The number of hydrogen-bond acceptors (Lipinski definition) is 0. The van der Waals surface area contributed by atoms with Crippen LogP contribution in [0.25, 0.3) is 0 Å². The SMILES string of the molecule is B1B2BB12. The highest BCUT2D eigenvalue weighted by atomic mass is 13.4. The van der Waals surface area contributed by atoms with Gasteiger partial charge in [-0.15, -0.1) is 0 Å². The summed E-state index contributed by atoms with van der Waals surface area (Å²) in [6.07, 6.45) is 2.50. The molecule has 4 heavy (non-hydrogen) atoms. The molecule has 0 aromatic heterocycles. The van der Waals surface area contributed by atoms with Gasteiger partial charge in [0, 0.05) is 26.9 Å². The molecule has 0 aromatic carbocycles. The van der Waals surface area contributed by atoms with Crippen molar-refractivity contribution in [3.63, 3.8) is 0 Å². The Kier molecular flexibility index (Phi) is 0.0998. The first-order chi connectivity index (χ1) is 1.97. The third kappa shape index (κ3) is 0.0526. The van der Waals surface area contributed by atoms with Crippen molar-refractivity contribution in [2.75, 3.05) is 0 Å². The van der Waals surface area contributed by atoms with Crippen molar-refractivity contribution in [1.82, 2.24) is 0 Å². The Balaban J connectivity index is 2.48. The molecule has 2 saturated heterocycles. The summed E-state index contributed by atoms with van der Waals surface area (Å²) >= 11 is 0. The van der Waals surface area contributed by atoms with E-state index in [1.54, 1.807) is 14.1 Å². The maximum absolute atomic E-state index is 1.58. The fourth-order valence-corrected chi connectivity index (χ4v) is 0.552. The first kappa shape index (κ1) is 1.64. The van der Waals surface area contributed by atoms with Gasteiger partial charge < -0.3 is 0 Å². The zero-order valence-corrected chi connectivity index (χ0v) is 2.57. The predicted molar refractivity (Wildman–Crippen MR) is 25.8 cm³/mol. The zero-order chi connectivity index (χ0) is 2.57. The van der Waals surface area contributed by atoms with E-state index in [2.05, 4.69) is 0 Å². The molecule has 0 unspecified atom stereocenters. The van der Waals surface area contributed by atoms with Gasteiger partial charge in [-0.05, 0) is 0 Å². The van der Waals surface area contributed by atoms with Crippen LogP contribution < -0.4 is 0 Å². The fraction of sp³-hybridized carbons (Fsp3) is 0. The average Bonchev–Trinajstić information content (AvgIpc) is 1.36. The molecule has 0 aromatic rings. The molecule has 0 aliphatic carbocycles. The summed E-state index contributed by atoms with van der Waals surface area (Å²) in [5.74, 6) is 0. The smallest absolute Gasteiger partial charge is 0.0107 e. The minimum Gasteiger partial charge on any atom is 0.0107 e. The molecule has 0 N–H and O–H groups in total. The van der Waals surface area contributed by atoms with E-state index in [4.69, 9.17) is 0 Å². The van der Waals surface area contributed by atoms with Crippen LogP contribution in [0.2, 0.25) is 0 Å². The van der Waals surface area contributed by atoms with Crippen LogP contribution in [0.4, 0.5) is 0 Å². The average molecular weight is 45.3 g/mol. The third-order valence-corrected chi connectivity index (χ3v) is 1.47. The Morgan fingerprint density at radius 2 is 1.25 bits per heavy atom. The molecule has 4 heteroatoms. The Labute approximate surface area is 27.9 Å². The van der Waals surface area contributed by atoms with E-state index in [0.717, 1.165) is 0 Å². The van der Waals surface area contributed by atoms with Gasteiger partial charge in [-0.25, -0.2) is 0 Å². The number of fused-ring (bicyclic) bond motifs is 1. The van der Waals surface area contributed by atoms with Crippen LogP contribution in [0.1, 0.15) is 0 Å². The quantitative estimate of drug-likeness (QED) is 0.275. The van der Waals surface area contributed by atoms with E-state index in [1.807, 2.05) is 0 Å². The van der Waals surface area contributed by atoms with Gasteiger partial charge >= 0.3 is 0 Å². The lowest BCUT2D eigenvalue weighted by molar-refractivity contribution is 4.19. The Bertz CT molecular complexity index is 36.0. The van der Waals surface area contributed by atoms with Crippen molar-refractivity contribution < 1.29 is 0 Å². The topological polar surface area (TPSA) is 0 Å². The van der Waals surface area contributed by atoms with Crippen LogP contribution in [-0.2, 0) is 0 Å². The second-order valence-corrected chi connectivity index (χ2v) is 1.99. The van der Waals surface area contributed by atoms with Gasteiger partial charge in [0.25, 0.3) is 0 Å². The van der Waals surface area contributed by atoms with E-state index >= 15 is 0 Å². The molecule has 0 atom stereocenters. The molecule has 0 spiro atoms. The normalized spacial score (nSPS) is 26.0. The van der Waals surface area contributed by atoms with Crippen LogP contribution in [0.5, 0.6) is 0 Å². The highest BCUT2D eigenvalue weighted by Crippen LogP contribution is 2.18. The van der Waals surface area contributed by atoms with Gasteiger partial charge in [0.1, 0.15) is 0 Å². The van der Waals surface area contributed by atoms with Crippen molar-refractivity contribution in [3.05, 3.63) is 0 Å². The van der Waals surface area contributed by atoms with Gasteiger partial charge in [-0.1, -0.05) is 0 Å². The molecule has 2 heterocycles. The summed E-state index contributed by atoms with van der Waals surface area (Å²) in [6, 6.07) is 0. The largest absolute Gasteiger partial charge is 0.0281 e. The number of rotatable bonds is 0.